The van der Waals surface area contributed by atoms with Crippen LogP contribution in [0.3, 0.4) is 0 Å². The molecule has 0 saturated heterocycles. The molecule has 2 aromatic carbocycles. The van der Waals surface area contributed by atoms with Crippen LogP contribution in [0.5, 0.6) is 0 Å². The summed E-state index contributed by atoms with van der Waals surface area (Å²) < 4.78 is 0. The van der Waals surface area contributed by atoms with E-state index in [0.717, 1.165) is 5.56 Å². The van der Waals surface area contributed by atoms with E-state index >= 15 is 0 Å². The molecule has 32 heavy (non-hydrogen) atoms. The van der Waals surface area contributed by atoms with E-state index in [1.54, 1.807) is 43.3 Å². The summed E-state index contributed by atoms with van der Waals surface area (Å²) in [4.78, 5) is 53.2. The summed E-state index contributed by atoms with van der Waals surface area (Å²) in [6.07, 6.45) is 0.382. The summed E-state index contributed by atoms with van der Waals surface area (Å²) in [7, 11) is 0. The summed E-state index contributed by atoms with van der Waals surface area (Å²) in [5.74, 6) is -1.20. The molecule has 3 rings (SSSR count). The fraction of sp³-hybridized carbons (Fsp3) is 0.333. The second-order valence-corrected chi connectivity index (χ2v) is 8.00. The van der Waals surface area contributed by atoms with Crippen LogP contribution in [-0.2, 0) is 16.1 Å². The molecule has 0 radical (unpaired) electrons. The molecule has 0 bridgehead atoms. The van der Waals surface area contributed by atoms with Crippen molar-refractivity contribution in [3.63, 3.8) is 0 Å². The van der Waals surface area contributed by atoms with Crippen molar-refractivity contribution in [1.82, 2.24) is 15.1 Å². The molecule has 0 fully saturated rings. The number of nitrogens with zero attached hydrogens (tertiary/aromatic N) is 2. The van der Waals surface area contributed by atoms with Gasteiger partial charge in [0.25, 0.3) is 11.8 Å². The summed E-state index contributed by atoms with van der Waals surface area (Å²) in [5, 5.41) is 3.25. The second kappa shape index (κ2) is 10.4. The van der Waals surface area contributed by atoms with Crippen molar-refractivity contribution >= 4 is 35.2 Å². The van der Waals surface area contributed by atoms with E-state index < -0.39 is 6.04 Å². The Kier molecular flexibility index (Phi) is 7.64. The summed E-state index contributed by atoms with van der Waals surface area (Å²) in [5.41, 5.74) is 1.50. The highest BCUT2D eigenvalue weighted by molar-refractivity contribution is 6.31. The highest BCUT2D eigenvalue weighted by Crippen LogP contribution is 2.23. The van der Waals surface area contributed by atoms with E-state index in [2.05, 4.69) is 5.32 Å². The minimum atomic E-state index is -0.696. The molecule has 2 aromatic rings. The predicted octanol–water partition coefficient (Wildman–Crippen LogP) is 3.27. The second-order valence-electron chi connectivity index (χ2n) is 7.59. The van der Waals surface area contributed by atoms with Crippen molar-refractivity contribution in [1.29, 1.82) is 0 Å². The normalized spacial score (nSPS) is 13.7. The lowest BCUT2D eigenvalue weighted by molar-refractivity contribution is -0.140. The van der Waals surface area contributed by atoms with Crippen molar-refractivity contribution < 1.29 is 19.2 Å². The maximum absolute atomic E-state index is 13.1. The number of benzene rings is 2. The molecule has 7 nitrogen and oxygen atoms in total. The van der Waals surface area contributed by atoms with Crippen LogP contribution in [0.2, 0.25) is 5.02 Å². The topological polar surface area (TPSA) is 86.8 Å². The SMILES string of the molecule is CCNC(=O)[C@@H](C)N(Cc1ccccc1Cl)C(=O)CCCN1C(=O)c2ccccc2C1=O. The van der Waals surface area contributed by atoms with E-state index in [0.29, 0.717) is 29.1 Å². The minimum absolute atomic E-state index is 0.0849. The molecular weight excluding hydrogens is 430 g/mol. The third kappa shape index (κ3) is 4.99. The van der Waals surface area contributed by atoms with Gasteiger partial charge in [0.2, 0.25) is 11.8 Å². The van der Waals surface area contributed by atoms with E-state index in [9.17, 15) is 19.2 Å². The number of hydrogen-bond acceptors (Lipinski definition) is 4. The first-order valence-corrected chi connectivity index (χ1v) is 11.0. The molecule has 8 heteroatoms. The molecule has 0 aliphatic carbocycles. The van der Waals surface area contributed by atoms with Crippen LogP contribution in [0.25, 0.3) is 0 Å². The molecule has 4 amide bonds. The van der Waals surface area contributed by atoms with Gasteiger partial charge in [-0.05, 0) is 44.0 Å². The summed E-state index contributed by atoms with van der Waals surface area (Å²) >= 11 is 6.27. The molecule has 1 aliphatic heterocycles. The van der Waals surface area contributed by atoms with Crippen molar-refractivity contribution in [2.75, 3.05) is 13.1 Å². The van der Waals surface area contributed by atoms with Crippen LogP contribution in [0.15, 0.2) is 48.5 Å². The first-order valence-electron chi connectivity index (χ1n) is 10.6. The van der Waals surface area contributed by atoms with Crippen LogP contribution in [-0.4, -0.2) is 52.6 Å². The van der Waals surface area contributed by atoms with Crippen molar-refractivity contribution in [3.05, 3.63) is 70.2 Å². The van der Waals surface area contributed by atoms with Gasteiger partial charge in [0.1, 0.15) is 6.04 Å². The molecule has 0 aromatic heterocycles. The number of fused-ring (bicyclic) bond motifs is 1. The molecule has 1 N–H and O–H groups in total. The Morgan fingerprint density at radius 1 is 1.03 bits per heavy atom. The van der Waals surface area contributed by atoms with Crippen LogP contribution in [0.1, 0.15) is 53.0 Å². The van der Waals surface area contributed by atoms with Crippen LogP contribution >= 0.6 is 11.6 Å². The van der Waals surface area contributed by atoms with Gasteiger partial charge < -0.3 is 10.2 Å². The molecular formula is C24H26ClN3O4. The third-order valence-corrected chi connectivity index (χ3v) is 5.84. The monoisotopic (exact) mass is 455 g/mol. The lowest BCUT2D eigenvalue weighted by atomic mass is 10.1. The maximum Gasteiger partial charge on any atom is 0.261 e. The standard InChI is InChI=1S/C24H26ClN3O4/c1-3-26-22(30)16(2)28(15-17-9-4-7-12-20(17)25)21(29)13-8-14-27-23(31)18-10-5-6-11-19(18)24(27)32/h4-7,9-12,16H,3,8,13-15H2,1-2H3,(H,26,30)/t16-/m1/s1. The quantitative estimate of drug-likeness (QED) is 0.588. The number of rotatable bonds is 9. The first kappa shape index (κ1) is 23.5. The predicted molar refractivity (Wildman–Crippen MR) is 121 cm³/mol. The number of carbonyl (C=O) groups is 4. The number of nitrogens with one attached hydrogen (secondary N) is 1. The van der Waals surface area contributed by atoms with Gasteiger partial charge >= 0.3 is 0 Å². The van der Waals surface area contributed by atoms with Crippen LogP contribution < -0.4 is 5.32 Å². The summed E-state index contributed by atoms with van der Waals surface area (Å²) in [6.45, 7) is 4.26. The van der Waals surface area contributed by atoms with Crippen molar-refractivity contribution in [3.8, 4) is 0 Å². The van der Waals surface area contributed by atoms with Crippen molar-refractivity contribution in [2.24, 2.45) is 0 Å². The largest absolute Gasteiger partial charge is 0.355 e. The number of carbonyl (C=O) groups excluding carboxylic acids is 4. The number of imide groups is 1. The highest BCUT2D eigenvalue weighted by Gasteiger charge is 2.35. The highest BCUT2D eigenvalue weighted by atomic mass is 35.5. The van der Waals surface area contributed by atoms with E-state index in [1.165, 1.54) is 9.80 Å². The first-order chi connectivity index (χ1) is 15.3. The Morgan fingerprint density at radius 2 is 1.62 bits per heavy atom. The number of likely N-dealkylation sites (N-methyl/N-ethyl adjacent to an activating group) is 1. The Morgan fingerprint density at radius 3 is 2.22 bits per heavy atom. The average Bonchev–Trinajstić information content (AvgIpc) is 3.03. The maximum atomic E-state index is 13.1. The smallest absolute Gasteiger partial charge is 0.261 e. The van der Waals surface area contributed by atoms with Gasteiger partial charge in [-0.2, -0.15) is 0 Å². The van der Waals surface area contributed by atoms with Gasteiger partial charge in [-0.25, -0.2) is 0 Å². The molecule has 0 unspecified atom stereocenters. The Balaban J connectivity index is 1.67. The Hall–Kier alpha value is -3.19. The number of halogens is 1. The molecule has 0 spiro atoms. The minimum Gasteiger partial charge on any atom is -0.355 e. The summed E-state index contributed by atoms with van der Waals surface area (Å²) in [6, 6.07) is 13.2. The lowest BCUT2D eigenvalue weighted by Crippen LogP contribution is -2.47. The fourth-order valence-electron chi connectivity index (χ4n) is 3.69. The Bertz CT molecular complexity index is 1000. The van der Waals surface area contributed by atoms with Crippen molar-refractivity contribution in [2.45, 2.75) is 39.3 Å². The Labute approximate surface area is 192 Å². The zero-order valence-corrected chi connectivity index (χ0v) is 18.9. The van der Waals surface area contributed by atoms with Gasteiger partial charge in [-0.3, -0.25) is 24.1 Å². The third-order valence-electron chi connectivity index (χ3n) is 5.47. The molecule has 1 aliphatic rings. The molecule has 168 valence electrons. The lowest BCUT2D eigenvalue weighted by Gasteiger charge is -2.29. The number of hydrogen-bond donors (Lipinski definition) is 1. The van der Waals surface area contributed by atoms with Gasteiger partial charge in [-0.15, -0.1) is 0 Å². The molecule has 0 saturated carbocycles. The van der Waals surface area contributed by atoms with E-state index in [1.807, 2.05) is 19.1 Å². The zero-order chi connectivity index (χ0) is 23.3. The zero-order valence-electron chi connectivity index (χ0n) is 18.1. The van der Waals surface area contributed by atoms with Gasteiger partial charge in [0, 0.05) is 31.1 Å². The van der Waals surface area contributed by atoms with Gasteiger partial charge in [0.15, 0.2) is 0 Å². The van der Waals surface area contributed by atoms with Crippen LogP contribution in [0.4, 0.5) is 0 Å². The number of amides is 4. The fourth-order valence-corrected chi connectivity index (χ4v) is 3.88. The average molecular weight is 456 g/mol. The molecule has 1 heterocycles. The van der Waals surface area contributed by atoms with E-state index in [4.69, 9.17) is 11.6 Å². The van der Waals surface area contributed by atoms with Gasteiger partial charge in [-0.1, -0.05) is 41.9 Å². The molecule has 1 atom stereocenters. The van der Waals surface area contributed by atoms with E-state index in [-0.39, 0.29) is 43.1 Å². The van der Waals surface area contributed by atoms with Crippen LogP contribution in [0, 0.1) is 0 Å². The van der Waals surface area contributed by atoms with Gasteiger partial charge in [0.05, 0.1) is 11.1 Å².